The van der Waals surface area contributed by atoms with Crippen molar-refractivity contribution in [2.24, 2.45) is 17.8 Å². The Kier molecular flexibility index (Phi) is 4.58. The molecule has 7 heteroatoms. The second kappa shape index (κ2) is 7.24. The number of hydrogen-bond donors (Lipinski definition) is 2. The van der Waals surface area contributed by atoms with E-state index in [1.165, 1.54) is 0 Å². The number of likely N-dealkylation sites (tertiary alicyclic amines) is 1. The molecule has 164 valence electrons. The molecule has 2 unspecified atom stereocenters. The van der Waals surface area contributed by atoms with Crippen LogP contribution in [0.2, 0.25) is 5.02 Å². The minimum absolute atomic E-state index is 0.0229. The highest BCUT2D eigenvalue weighted by molar-refractivity contribution is 6.31. The van der Waals surface area contributed by atoms with Gasteiger partial charge in [0.25, 0.3) is 0 Å². The van der Waals surface area contributed by atoms with Gasteiger partial charge < -0.3 is 20.1 Å². The third kappa shape index (κ3) is 3.64. The molecule has 4 bridgehead atoms. The Morgan fingerprint density at radius 1 is 1.19 bits per heavy atom. The maximum absolute atomic E-state index is 12.9. The third-order valence-electron chi connectivity index (χ3n) is 7.84. The molecule has 0 spiro atoms. The fourth-order valence-electron chi connectivity index (χ4n) is 6.75. The summed E-state index contributed by atoms with van der Waals surface area (Å²) in [7, 11) is 0. The van der Waals surface area contributed by atoms with Crippen LogP contribution in [0.25, 0.3) is 10.9 Å². The van der Waals surface area contributed by atoms with Gasteiger partial charge in [-0.25, -0.2) is 9.78 Å². The lowest BCUT2D eigenvalue weighted by atomic mass is 9.53. The number of pyridine rings is 1. The maximum atomic E-state index is 12.9. The summed E-state index contributed by atoms with van der Waals surface area (Å²) >= 11 is 6.05. The fourth-order valence-corrected chi connectivity index (χ4v) is 6.93. The number of nitrogens with zero attached hydrogens (tertiary/aromatic N) is 2. The first-order valence-electron chi connectivity index (χ1n) is 11.4. The Morgan fingerprint density at radius 3 is 2.77 bits per heavy atom. The van der Waals surface area contributed by atoms with E-state index in [0.717, 1.165) is 55.2 Å². The Morgan fingerprint density at radius 2 is 2.00 bits per heavy atom. The Balaban J connectivity index is 1.07. The van der Waals surface area contributed by atoms with Crippen molar-refractivity contribution in [1.29, 1.82) is 0 Å². The molecule has 1 saturated heterocycles. The molecule has 2 aromatic rings. The zero-order chi connectivity index (χ0) is 21.2. The van der Waals surface area contributed by atoms with Crippen LogP contribution < -0.4 is 5.32 Å². The van der Waals surface area contributed by atoms with Crippen LogP contribution in [0.5, 0.6) is 0 Å². The number of fused-ring (bicyclic) bond motifs is 1. The van der Waals surface area contributed by atoms with Crippen LogP contribution in [-0.2, 0) is 4.74 Å². The Bertz CT molecular complexity index is 1010. The number of anilines is 1. The van der Waals surface area contributed by atoms with Gasteiger partial charge in [0.15, 0.2) is 0 Å². The van der Waals surface area contributed by atoms with Crippen molar-refractivity contribution in [3.8, 4) is 0 Å². The van der Waals surface area contributed by atoms with Crippen molar-refractivity contribution in [1.82, 2.24) is 9.88 Å². The van der Waals surface area contributed by atoms with Crippen LogP contribution in [0.4, 0.5) is 10.6 Å². The molecular formula is C24H28ClN3O3. The van der Waals surface area contributed by atoms with Gasteiger partial charge in [-0.3, -0.25) is 0 Å². The molecule has 7 rings (SSSR count). The minimum Gasteiger partial charge on any atom is -0.446 e. The average molecular weight is 442 g/mol. The van der Waals surface area contributed by atoms with E-state index >= 15 is 0 Å². The summed E-state index contributed by atoms with van der Waals surface area (Å²) in [6.07, 6.45) is 5.37. The quantitative estimate of drug-likeness (QED) is 0.736. The monoisotopic (exact) mass is 441 g/mol. The molecule has 3 atom stereocenters. The first-order chi connectivity index (χ1) is 14.9. The molecule has 4 aliphatic carbocycles. The van der Waals surface area contributed by atoms with Gasteiger partial charge >= 0.3 is 6.09 Å². The number of benzene rings is 1. The number of ether oxygens (including phenoxy) is 1. The Hall–Kier alpha value is -2.05. The lowest BCUT2D eigenvalue weighted by molar-refractivity contribution is -0.177. The summed E-state index contributed by atoms with van der Waals surface area (Å²) in [5.41, 5.74) is 0.396. The zero-order valence-corrected chi connectivity index (χ0v) is 18.2. The standard InChI is InChI=1S/C24H28ClN3O3/c25-18-2-3-20-15(9-18)1-4-21(27-20)26-19-5-6-28(13-19)23(29)31-22-16-7-14-8-17(22)12-24(30,10-14)11-16/h1-4,9,14,16-17,19,22,30H,5-8,10-13H2,(H,26,27)/t14?,16?,17?,19-,22?,24?/m1/s1. The van der Waals surface area contributed by atoms with Gasteiger partial charge in [0.2, 0.25) is 0 Å². The van der Waals surface area contributed by atoms with E-state index in [4.69, 9.17) is 16.3 Å². The number of amides is 1. The fraction of sp³-hybridized carbons (Fsp3) is 0.583. The van der Waals surface area contributed by atoms with Gasteiger partial charge in [-0.1, -0.05) is 11.6 Å². The van der Waals surface area contributed by atoms with Crippen LogP contribution in [0.3, 0.4) is 0 Å². The lowest BCUT2D eigenvalue weighted by Gasteiger charge is -2.57. The number of nitrogens with one attached hydrogen (secondary N) is 1. The SMILES string of the molecule is O=C(OC1C2CC3CC1CC(O)(C3)C2)N1CC[C@@H](Nc2ccc3cc(Cl)ccc3n2)C1. The Labute approximate surface area is 186 Å². The molecule has 0 radical (unpaired) electrons. The highest BCUT2D eigenvalue weighted by Crippen LogP contribution is 2.56. The van der Waals surface area contributed by atoms with Gasteiger partial charge in [-0.15, -0.1) is 0 Å². The predicted molar refractivity (Wildman–Crippen MR) is 119 cm³/mol. The van der Waals surface area contributed by atoms with Gasteiger partial charge in [0.1, 0.15) is 11.9 Å². The van der Waals surface area contributed by atoms with Gasteiger partial charge in [-0.05, 0) is 86.6 Å². The number of rotatable bonds is 3. The molecule has 4 saturated carbocycles. The summed E-state index contributed by atoms with van der Waals surface area (Å²) in [6, 6.07) is 9.80. The zero-order valence-electron chi connectivity index (χ0n) is 17.5. The first kappa shape index (κ1) is 19.6. The van der Waals surface area contributed by atoms with Crippen LogP contribution in [0, 0.1) is 17.8 Å². The van der Waals surface area contributed by atoms with E-state index in [1.807, 2.05) is 35.2 Å². The number of aliphatic hydroxyl groups is 1. The molecule has 5 fully saturated rings. The van der Waals surface area contributed by atoms with Crippen LogP contribution >= 0.6 is 11.6 Å². The normalized spacial score (nSPS) is 36.2. The average Bonchev–Trinajstić information content (AvgIpc) is 3.18. The maximum Gasteiger partial charge on any atom is 0.410 e. The highest BCUT2D eigenvalue weighted by Gasteiger charge is 2.56. The number of carbonyl (C=O) groups excluding carboxylic acids is 1. The molecule has 1 aromatic heterocycles. The molecule has 1 amide bonds. The second-order valence-electron chi connectivity index (χ2n) is 10.2. The summed E-state index contributed by atoms with van der Waals surface area (Å²) in [5.74, 6) is 2.08. The van der Waals surface area contributed by atoms with Crippen molar-refractivity contribution >= 4 is 34.4 Å². The topological polar surface area (TPSA) is 74.7 Å². The number of hydrogen-bond acceptors (Lipinski definition) is 5. The van der Waals surface area contributed by atoms with Crippen molar-refractivity contribution in [3.63, 3.8) is 0 Å². The van der Waals surface area contributed by atoms with Gasteiger partial charge in [0.05, 0.1) is 11.1 Å². The second-order valence-corrected chi connectivity index (χ2v) is 10.6. The van der Waals surface area contributed by atoms with Crippen molar-refractivity contribution in [3.05, 3.63) is 35.4 Å². The van der Waals surface area contributed by atoms with Crippen LogP contribution in [0.15, 0.2) is 30.3 Å². The van der Waals surface area contributed by atoms with Crippen molar-refractivity contribution in [2.75, 3.05) is 18.4 Å². The van der Waals surface area contributed by atoms with E-state index in [2.05, 4.69) is 10.3 Å². The van der Waals surface area contributed by atoms with E-state index in [0.29, 0.717) is 35.9 Å². The largest absolute Gasteiger partial charge is 0.446 e. The summed E-state index contributed by atoms with van der Waals surface area (Å²) in [6.45, 7) is 1.31. The predicted octanol–water partition coefficient (Wildman–Crippen LogP) is 4.45. The van der Waals surface area contributed by atoms with Gasteiger partial charge in [0, 0.05) is 29.5 Å². The van der Waals surface area contributed by atoms with Crippen LogP contribution in [0.1, 0.15) is 38.5 Å². The molecule has 1 aromatic carbocycles. The van der Waals surface area contributed by atoms with Gasteiger partial charge in [-0.2, -0.15) is 0 Å². The van der Waals surface area contributed by atoms with E-state index in [9.17, 15) is 9.90 Å². The number of carbonyl (C=O) groups is 1. The van der Waals surface area contributed by atoms with Crippen LogP contribution in [-0.4, -0.2) is 51.9 Å². The van der Waals surface area contributed by atoms with Crippen molar-refractivity contribution < 1.29 is 14.6 Å². The summed E-state index contributed by atoms with van der Waals surface area (Å²) in [5, 5.41) is 15.9. The molecule has 31 heavy (non-hydrogen) atoms. The minimum atomic E-state index is -0.500. The van der Waals surface area contributed by atoms with E-state index in [-0.39, 0.29) is 18.2 Å². The molecule has 2 N–H and O–H groups in total. The lowest BCUT2D eigenvalue weighted by Crippen LogP contribution is -2.58. The molecule has 2 heterocycles. The summed E-state index contributed by atoms with van der Waals surface area (Å²) < 4.78 is 6.04. The summed E-state index contributed by atoms with van der Waals surface area (Å²) in [4.78, 5) is 19.4. The van der Waals surface area contributed by atoms with E-state index in [1.54, 1.807) is 0 Å². The number of aromatic nitrogens is 1. The molecule has 6 nitrogen and oxygen atoms in total. The molecule has 5 aliphatic rings. The third-order valence-corrected chi connectivity index (χ3v) is 8.08. The highest BCUT2D eigenvalue weighted by atomic mass is 35.5. The van der Waals surface area contributed by atoms with E-state index < -0.39 is 5.60 Å². The first-order valence-corrected chi connectivity index (χ1v) is 11.8. The smallest absolute Gasteiger partial charge is 0.410 e. The molecular weight excluding hydrogens is 414 g/mol. The number of halogens is 1. The molecule has 1 aliphatic heterocycles. The van der Waals surface area contributed by atoms with Crippen molar-refractivity contribution in [2.45, 2.75) is 56.3 Å².